The lowest BCUT2D eigenvalue weighted by Crippen LogP contribution is -2.66. The molecule has 0 radical (unpaired) electrons. The van der Waals surface area contributed by atoms with Crippen LogP contribution in [0.2, 0.25) is 0 Å². The fraction of sp³-hybridized carbons (Fsp3) is 0.824. The van der Waals surface area contributed by atoms with Gasteiger partial charge in [-0.15, -0.1) is 0 Å². The monoisotopic (exact) mass is 290 g/mol. The molecule has 0 bridgehead atoms. The maximum atomic E-state index is 4.33. The minimum absolute atomic E-state index is 0.292. The van der Waals surface area contributed by atoms with Gasteiger partial charge in [0.25, 0.3) is 0 Å². The Morgan fingerprint density at radius 2 is 2.10 bits per heavy atom. The standard InChI is InChI=1S/C17H30N4/c1-16(2,3)15-9-18-17(4,14-6-7-14)12-21(15)11-13-8-19-20(5)10-13/h8,10,14-15,18H,6-7,9,11-12H2,1-5H3. The fourth-order valence-electron chi connectivity index (χ4n) is 3.85. The van der Waals surface area contributed by atoms with E-state index in [0.29, 0.717) is 17.0 Å². The third-order valence-corrected chi connectivity index (χ3v) is 5.29. The van der Waals surface area contributed by atoms with E-state index in [1.54, 1.807) is 0 Å². The Morgan fingerprint density at radius 3 is 2.62 bits per heavy atom. The van der Waals surface area contributed by atoms with E-state index in [0.717, 1.165) is 25.6 Å². The molecule has 4 nitrogen and oxygen atoms in total. The smallest absolute Gasteiger partial charge is 0.0534 e. The van der Waals surface area contributed by atoms with Gasteiger partial charge in [0, 0.05) is 50.0 Å². The number of aromatic nitrogens is 2. The molecular weight excluding hydrogens is 260 g/mol. The molecule has 4 heteroatoms. The van der Waals surface area contributed by atoms with Gasteiger partial charge in [-0.05, 0) is 31.1 Å². The van der Waals surface area contributed by atoms with Crippen LogP contribution < -0.4 is 5.32 Å². The van der Waals surface area contributed by atoms with Gasteiger partial charge in [0.1, 0.15) is 0 Å². The van der Waals surface area contributed by atoms with Crippen molar-refractivity contribution in [2.24, 2.45) is 18.4 Å². The van der Waals surface area contributed by atoms with Crippen molar-refractivity contribution < 1.29 is 0 Å². The average Bonchev–Trinajstić information content (AvgIpc) is 3.14. The van der Waals surface area contributed by atoms with E-state index in [9.17, 15) is 0 Å². The fourth-order valence-corrected chi connectivity index (χ4v) is 3.85. The Morgan fingerprint density at radius 1 is 1.38 bits per heavy atom. The topological polar surface area (TPSA) is 33.1 Å². The first kappa shape index (κ1) is 15.0. The summed E-state index contributed by atoms with van der Waals surface area (Å²) in [5.74, 6) is 0.870. The molecule has 3 rings (SSSR count). The van der Waals surface area contributed by atoms with Gasteiger partial charge in [-0.3, -0.25) is 9.58 Å². The molecule has 0 aromatic carbocycles. The second-order valence-corrected chi connectivity index (χ2v) is 8.38. The van der Waals surface area contributed by atoms with E-state index in [4.69, 9.17) is 0 Å². The van der Waals surface area contributed by atoms with E-state index in [2.05, 4.69) is 49.2 Å². The van der Waals surface area contributed by atoms with Crippen molar-refractivity contribution in [1.82, 2.24) is 20.0 Å². The quantitative estimate of drug-likeness (QED) is 0.928. The minimum atomic E-state index is 0.292. The molecule has 1 saturated heterocycles. The molecule has 21 heavy (non-hydrogen) atoms. The minimum Gasteiger partial charge on any atom is -0.308 e. The number of hydrogen-bond donors (Lipinski definition) is 1. The van der Waals surface area contributed by atoms with Crippen molar-refractivity contribution in [1.29, 1.82) is 0 Å². The predicted octanol–water partition coefficient (Wildman–Crippen LogP) is 2.41. The van der Waals surface area contributed by atoms with Gasteiger partial charge in [-0.2, -0.15) is 5.10 Å². The Labute approximate surface area is 128 Å². The first-order valence-electron chi connectivity index (χ1n) is 8.24. The summed E-state index contributed by atoms with van der Waals surface area (Å²) >= 11 is 0. The second kappa shape index (κ2) is 5.10. The summed E-state index contributed by atoms with van der Waals surface area (Å²) in [5, 5.41) is 8.20. The molecular formula is C17H30N4. The van der Waals surface area contributed by atoms with E-state index in [1.165, 1.54) is 18.4 Å². The third-order valence-electron chi connectivity index (χ3n) is 5.29. The molecule has 0 amide bonds. The molecule has 1 aliphatic carbocycles. The highest BCUT2D eigenvalue weighted by Gasteiger charge is 2.47. The maximum absolute atomic E-state index is 4.33. The van der Waals surface area contributed by atoms with Crippen LogP contribution >= 0.6 is 0 Å². The summed E-state index contributed by atoms with van der Waals surface area (Å²) in [5.41, 5.74) is 1.91. The first-order valence-corrected chi connectivity index (χ1v) is 8.24. The molecule has 1 aromatic rings. The summed E-state index contributed by atoms with van der Waals surface area (Å²) in [6.07, 6.45) is 6.95. The van der Waals surface area contributed by atoms with Crippen molar-refractivity contribution in [3.63, 3.8) is 0 Å². The molecule has 1 saturated carbocycles. The predicted molar refractivity (Wildman–Crippen MR) is 86.0 cm³/mol. The Balaban J connectivity index is 1.79. The van der Waals surface area contributed by atoms with Crippen LogP contribution in [0.25, 0.3) is 0 Å². The highest BCUT2D eigenvalue weighted by Crippen LogP contribution is 2.43. The summed E-state index contributed by atoms with van der Waals surface area (Å²) in [6.45, 7) is 12.7. The lowest BCUT2D eigenvalue weighted by molar-refractivity contribution is 0.0145. The zero-order valence-corrected chi connectivity index (χ0v) is 14.2. The van der Waals surface area contributed by atoms with Crippen molar-refractivity contribution in [2.45, 2.75) is 58.7 Å². The summed E-state index contributed by atoms with van der Waals surface area (Å²) in [7, 11) is 2.00. The van der Waals surface area contributed by atoms with Crippen LogP contribution in [0, 0.1) is 11.3 Å². The van der Waals surface area contributed by atoms with Crippen LogP contribution in [0.3, 0.4) is 0 Å². The molecule has 1 aliphatic heterocycles. The van der Waals surface area contributed by atoms with Crippen molar-refractivity contribution in [2.75, 3.05) is 13.1 Å². The van der Waals surface area contributed by atoms with Crippen LogP contribution in [-0.2, 0) is 13.6 Å². The highest BCUT2D eigenvalue weighted by molar-refractivity contribution is 5.09. The Bertz CT molecular complexity index is 497. The molecule has 2 atom stereocenters. The Kier molecular flexibility index (Phi) is 3.65. The first-order chi connectivity index (χ1) is 9.78. The van der Waals surface area contributed by atoms with E-state index >= 15 is 0 Å². The van der Waals surface area contributed by atoms with Crippen molar-refractivity contribution >= 4 is 0 Å². The zero-order chi connectivity index (χ0) is 15.3. The SMILES string of the molecule is Cn1cc(CN2CC(C)(C3CC3)NCC2C(C)(C)C)cn1. The summed E-state index contributed by atoms with van der Waals surface area (Å²) < 4.78 is 1.91. The molecule has 1 N–H and O–H groups in total. The molecule has 2 unspecified atom stereocenters. The van der Waals surface area contributed by atoms with E-state index in [1.807, 2.05) is 17.9 Å². The highest BCUT2D eigenvalue weighted by atomic mass is 15.3. The number of hydrogen-bond acceptors (Lipinski definition) is 3. The van der Waals surface area contributed by atoms with Crippen LogP contribution in [-0.4, -0.2) is 39.4 Å². The number of aryl methyl sites for hydroxylation is 1. The summed E-state index contributed by atoms with van der Waals surface area (Å²) in [6, 6.07) is 0.574. The normalized spacial score (nSPS) is 31.6. The second-order valence-electron chi connectivity index (χ2n) is 8.38. The van der Waals surface area contributed by atoms with Gasteiger partial charge >= 0.3 is 0 Å². The van der Waals surface area contributed by atoms with E-state index in [-0.39, 0.29) is 0 Å². The largest absolute Gasteiger partial charge is 0.308 e. The van der Waals surface area contributed by atoms with Crippen LogP contribution in [0.1, 0.15) is 46.1 Å². The Hall–Kier alpha value is -0.870. The maximum Gasteiger partial charge on any atom is 0.0534 e. The van der Waals surface area contributed by atoms with Crippen molar-refractivity contribution in [3.8, 4) is 0 Å². The van der Waals surface area contributed by atoms with Gasteiger partial charge in [-0.1, -0.05) is 20.8 Å². The van der Waals surface area contributed by atoms with E-state index < -0.39 is 0 Å². The van der Waals surface area contributed by atoms with Crippen LogP contribution in [0.5, 0.6) is 0 Å². The average molecular weight is 290 g/mol. The van der Waals surface area contributed by atoms with Crippen LogP contribution in [0.15, 0.2) is 12.4 Å². The molecule has 1 aromatic heterocycles. The number of piperazine rings is 1. The molecule has 2 fully saturated rings. The van der Waals surface area contributed by atoms with Gasteiger partial charge in [0.15, 0.2) is 0 Å². The van der Waals surface area contributed by atoms with Gasteiger partial charge in [0.2, 0.25) is 0 Å². The van der Waals surface area contributed by atoms with Gasteiger partial charge < -0.3 is 5.32 Å². The lowest BCUT2D eigenvalue weighted by Gasteiger charge is -2.51. The molecule has 118 valence electrons. The molecule has 0 spiro atoms. The van der Waals surface area contributed by atoms with Crippen LogP contribution in [0.4, 0.5) is 0 Å². The lowest BCUT2D eigenvalue weighted by atomic mass is 9.80. The number of nitrogens with one attached hydrogen (secondary N) is 1. The number of nitrogens with zero attached hydrogens (tertiary/aromatic N) is 3. The summed E-state index contributed by atoms with van der Waals surface area (Å²) in [4.78, 5) is 2.69. The van der Waals surface area contributed by atoms with Gasteiger partial charge in [-0.25, -0.2) is 0 Å². The van der Waals surface area contributed by atoms with Gasteiger partial charge in [0.05, 0.1) is 6.20 Å². The molecule has 2 aliphatic rings. The number of rotatable bonds is 3. The third kappa shape index (κ3) is 3.16. The zero-order valence-electron chi connectivity index (χ0n) is 14.2. The van der Waals surface area contributed by atoms with Crippen molar-refractivity contribution in [3.05, 3.63) is 18.0 Å². The molecule has 2 heterocycles.